The van der Waals surface area contributed by atoms with Crippen molar-refractivity contribution in [1.82, 2.24) is 15.6 Å². The molecule has 0 aromatic carbocycles. The van der Waals surface area contributed by atoms with E-state index in [9.17, 15) is 0 Å². The number of hydrogen-bond donors (Lipinski definition) is 2. The molecule has 16 heavy (non-hydrogen) atoms. The summed E-state index contributed by atoms with van der Waals surface area (Å²) in [4.78, 5) is 4.28. The Bertz CT molecular complexity index is 266. The minimum Gasteiger partial charge on any atom is -0.315 e. The van der Waals surface area contributed by atoms with Gasteiger partial charge in [0, 0.05) is 37.1 Å². The highest BCUT2D eigenvalue weighted by atomic mass is 32.1. The smallest absolute Gasteiger partial charge is 0.0937 e. The van der Waals surface area contributed by atoms with Crippen molar-refractivity contribution in [3.63, 3.8) is 0 Å². The van der Waals surface area contributed by atoms with Gasteiger partial charge in [0.15, 0.2) is 0 Å². The minimum absolute atomic E-state index is 0.679. The summed E-state index contributed by atoms with van der Waals surface area (Å²) in [5.74, 6) is 0. The molecule has 1 atom stereocenters. The summed E-state index contributed by atoms with van der Waals surface area (Å²) in [5.41, 5.74) is 0. The van der Waals surface area contributed by atoms with E-state index in [1.807, 2.05) is 11.6 Å². The average Bonchev–Trinajstić information content (AvgIpc) is 2.68. The fourth-order valence-corrected chi connectivity index (χ4v) is 2.74. The van der Waals surface area contributed by atoms with Gasteiger partial charge in [-0.25, -0.2) is 4.98 Å². The molecule has 2 rings (SSSR count). The van der Waals surface area contributed by atoms with Gasteiger partial charge in [0.2, 0.25) is 0 Å². The zero-order chi connectivity index (χ0) is 11.1. The first-order valence-corrected chi connectivity index (χ1v) is 7.15. The summed E-state index contributed by atoms with van der Waals surface area (Å²) in [6.07, 6.45) is 8.38. The lowest BCUT2D eigenvalue weighted by molar-refractivity contribution is 0.472. The van der Waals surface area contributed by atoms with E-state index in [0.717, 1.165) is 19.5 Å². The molecule has 0 bridgehead atoms. The van der Waals surface area contributed by atoms with E-state index in [1.54, 1.807) is 11.3 Å². The first kappa shape index (κ1) is 12.0. The Morgan fingerprint density at radius 3 is 3.31 bits per heavy atom. The van der Waals surface area contributed by atoms with Crippen LogP contribution in [0.2, 0.25) is 0 Å². The van der Waals surface area contributed by atoms with E-state index in [0.29, 0.717) is 6.04 Å². The van der Waals surface area contributed by atoms with Gasteiger partial charge in [-0.15, -0.1) is 11.3 Å². The molecule has 0 amide bonds. The maximum atomic E-state index is 4.28. The fourth-order valence-electron chi connectivity index (χ4n) is 2.12. The van der Waals surface area contributed by atoms with Crippen LogP contribution in [0, 0.1) is 0 Å². The molecule has 1 aromatic heterocycles. The lowest BCUT2D eigenvalue weighted by Gasteiger charge is -2.16. The number of hydrogen-bond acceptors (Lipinski definition) is 4. The quantitative estimate of drug-likeness (QED) is 0.770. The summed E-state index contributed by atoms with van der Waals surface area (Å²) in [6.45, 7) is 3.34. The first-order chi connectivity index (χ1) is 7.95. The molecule has 1 aliphatic heterocycles. The van der Waals surface area contributed by atoms with Gasteiger partial charge in [0.1, 0.15) is 0 Å². The molecule has 1 aromatic rings. The van der Waals surface area contributed by atoms with Crippen molar-refractivity contribution in [3.8, 4) is 0 Å². The maximum absolute atomic E-state index is 4.28. The van der Waals surface area contributed by atoms with Gasteiger partial charge in [0.25, 0.3) is 0 Å². The maximum Gasteiger partial charge on any atom is 0.0937 e. The molecule has 1 fully saturated rings. The van der Waals surface area contributed by atoms with Crippen molar-refractivity contribution in [2.24, 2.45) is 0 Å². The minimum atomic E-state index is 0.679. The Hall–Kier alpha value is -0.450. The number of rotatable bonds is 5. The molecule has 0 aliphatic carbocycles. The molecule has 3 nitrogen and oxygen atoms in total. The Morgan fingerprint density at radius 1 is 1.44 bits per heavy atom. The molecule has 0 saturated carbocycles. The van der Waals surface area contributed by atoms with Crippen molar-refractivity contribution >= 4 is 11.3 Å². The average molecular weight is 239 g/mol. The molecule has 1 saturated heterocycles. The number of thiazole rings is 1. The van der Waals surface area contributed by atoms with Crippen LogP contribution in [0.15, 0.2) is 11.6 Å². The van der Waals surface area contributed by atoms with Crippen LogP contribution in [0.25, 0.3) is 0 Å². The van der Waals surface area contributed by atoms with Gasteiger partial charge in [0.05, 0.1) is 5.01 Å². The van der Waals surface area contributed by atoms with Gasteiger partial charge < -0.3 is 10.6 Å². The Labute approximate surface area is 102 Å². The van der Waals surface area contributed by atoms with Gasteiger partial charge in [-0.1, -0.05) is 12.8 Å². The number of nitrogens with one attached hydrogen (secondary N) is 2. The molecule has 0 spiro atoms. The van der Waals surface area contributed by atoms with E-state index < -0.39 is 0 Å². The number of aromatic nitrogens is 1. The number of nitrogens with zero attached hydrogens (tertiary/aromatic N) is 1. The molecular formula is C12H21N3S. The van der Waals surface area contributed by atoms with Crippen LogP contribution < -0.4 is 10.6 Å². The van der Waals surface area contributed by atoms with Crippen LogP contribution >= 0.6 is 11.3 Å². The summed E-state index contributed by atoms with van der Waals surface area (Å²) >= 11 is 1.75. The second-order valence-corrected chi connectivity index (χ2v) is 5.36. The zero-order valence-corrected chi connectivity index (χ0v) is 10.6. The monoisotopic (exact) mass is 239 g/mol. The lowest BCUT2D eigenvalue weighted by Crippen LogP contribution is -2.38. The van der Waals surface area contributed by atoms with Gasteiger partial charge in [-0.05, 0) is 19.4 Å². The highest BCUT2D eigenvalue weighted by molar-refractivity contribution is 7.09. The van der Waals surface area contributed by atoms with Gasteiger partial charge in [-0.3, -0.25) is 0 Å². The molecule has 0 radical (unpaired) electrons. The van der Waals surface area contributed by atoms with E-state index in [-0.39, 0.29) is 0 Å². The standard InChI is InChI=1S/C12H21N3S/c1-2-4-11(14-6-3-1)10-13-7-5-12-15-8-9-16-12/h8-9,11,13-14H,1-7,10H2. The lowest BCUT2D eigenvalue weighted by atomic mass is 10.1. The Kier molecular flexibility index (Phi) is 5.25. The summed E-state index contributed by atoms with van der Waals surface area (Å²) in [5, 5.41) is 10.4. The third-order valence-electron chi connectivity index (χ3n) is 3.05. The van der Waals surface area contributed by atoms with Crippen LogP contribution in [-0.4, -0.2) is 30.7 Å². The van der Waals surface area contributed by atoms with Crippen LogP contribution in [0.1, 0.15) is 30.7 Å². The van der Waals surface area contributed by atoms with Gasteiger partial charge in [-0.2, -0.15) is 0 Å². The fraction of sp³-hybridized carbons (Fsp3) is 0.750. The van der Waals surface area contributed by atoms with Crippen LogP contribution in [0.4, 0.5) is 0 Å². The SMILES string of the molecule is c1csc(CCNCC2CCCCCN2)n1. The van der Waals surface area contributed by atoms with Crippen molar-refractivity contribution in [2.75, 3.05) is 19.6 Å². The second-order valence-electron chi connectivity index (χ2n) is 4.38. The highest BCUT2D eigenvalue weighted by Gasteiger charge is 2.10. The summed E-state index contributed by atoms with van der Waals surface area (Å²) in [7, 11) is 0. The van der Waals surface area contributed by atoms with E-state index in [4.69, 9.17) is 0 Å². The molecule has 90 valence electrons. The molecule has 2 N–H and O–H groups in total. The normalized spacial score (nSPS) is 21.9. The zero-order valence-electron chi connectivity index (χ0n) is 9.74. The molecule has 1 unspecified atom stereocenters. The highest BCUT2D eigenvalue weighted by Crippen LogP contribution is 2.07. The molecular weight excluding hydrogens is 218 g/mol. The van der Waals surface area contributed by atoms with Crippen LogP contribution in [0.3, 0.4) is 0 Å². The van der Waals surface area contributed by atoms with Crippen molar-refractivity contribution in [3.05, 3.63) is 16.6 Å². The second kappa shape index (κ2) is 6.99. The van der Waals surface area contributed by atoms with Crippen molar-refractivity contribution in [1.29, 1.82) is 0 Å². The van der Waals surface area contributed by atoms with E-state index >= 15 is 0 Å². The van der Waals surface area contributed by atoms with Crippen molar-refractivity contribution in [2.45, 2.75) is 38.1 Å². The molecule has 2 heterocycles. The Balaban J connectivity index is 1.56. The topological polar surface area (TPSA) is 37.0 Å². The summed E-state index contributed by atoms with van der Waals surface area (Å²) < 4.78 is 0. The first-order valence-electron chi connectivity index (χ1n) is 6.27. The summed E-state index contributed by atoms with van der Waals surface area (Å²) in [6, 6.07) is 0.679. The molecule has 1 aliphatic rings. The van der Waals surface area contributed by atoms with E-state index in [1.165, 1.54) is 37.2 Å². The van der Waals surface area contributed by atoms with Crippen LogP contribution in [0.5, 0.6) is 0 Å². The van der Waals surface area contributed by atoms with E-state index in [2.05, 4.69) is 15.6 Å². The third-order valence-corrected chi connectivity index (χ3v) is 3.89. The molecule has 4 heteroatoms. The third kappa shape index (κ3) is 4.20. The van der Waals surface area contributed by atoms with Gasteiger partial charge >= 0.3 is 0 Å². The Morgan fingerprint density at radius 2 is 2.44 bits per heavy atom. The predicted molar refractivity (Wildman–Crippen MR) is 68.9 cm³/mol. The van der Waals surface area contributed by atoms with Crippen LogP contribution in [-0.2, 0) is 6.42 Å². The predicted octanol–water partition coefficient (Wildman–Crippen LogP) is 1.81. The van der Waals surface area contributed by atoms with Crippen molar-refractivity contribution < 1.29 is 0 Å². The largest absolute Gasteiger partial charge is 0.315 e.